The van der Waals surface area contributed by atoms with Gasteiger partial charge in [0.15, 0.2) is 6.10 Å². The van der Waals surface area contributed by atoms with Crippen LogP contribution in [0.25, 0.3) is 0 Å². The van der Waals surface area contributed by atoms with Crippen molar-refractivity contribution < 1.29 is 18.7 Å². The second-order valence-electron chi connectivity index (χ2n) is 6.00. The van der Waals surface area contributed by atoms with Gasteiger partial charge in [0.1, 0.15) is 11.5 Å². The maximum atomic E-state index is 12.6. The number of amides is 2. The summed E-state index contributed by atoms with van der Waals surface area (Å²) in [6.45, 7) is 2.46. The first-order valence-corrected chi connectivity index (χ1v) is 8.41. The van der Waals surface area contributed by atoms with E-state index < -0.39 is 6.10 Å². The number of anilines is 1. The molecule has 0 saturated heterocycles. The minimum absolute atomic E-state index is 0.135. The van der Waals surface area contributed by atoms with Gasteiger partial charge in [-0.15, -0.1) is 6.42 Å². The van der Waals surface area contributed by atoms with Gasteiger partial charge in [0.2, 0.25) is 5.91 Å². The zero-order chi connectivity index (χ0) is 18.5. The number of nitrogens with zero attached hydrogens (tertiary/aromatic N) is 2. The molecule has 26 heavy (non-hydrogen) atoms. The van der Waals surface area contributed by atoms with Crippen molar-refractivity contribution in [2.75, 3.05) is 18.0 Å². The van der Waals surface area contributed by atoms with E-state index in [2.05, 4.69) is 5.92 Å². The summed E-state index contributed by atoms with van der Waals surface area (Å²) in [7, 11) is 0. The summed E-state index contributed by atoms with van der Waals surface area (Å²) in [5, 5.41) is 0. The second-order valence-corrected chi connectivity index (χ2v) is 6.00. The number of ether oxygens (including phenoxy) is 1. The van der Waals surface area contributed by atoms with Crippen LogP contribution >= 0.6 is 0 Å². The van der Waals surface area contributed by atoms with Crippen molar-refractivity contribution >= 4 is 17.5 Å². The minimum Gasteiger partial charge on any atom is -0.479 e. The van der Waals surface area contributed by atoms with Gasteiger partial charge < -0.3 is 19.0 Å². The molecule has 1 aromatic carbocycles. The number of carbonyl (C=O) groups is 2. The Bertz CT molecular complexity index is 823. The second kappa shape index (κ2) is 7.79. The minimum atomic E-state index is -0.579. The van der Waals surface area contributed by atoms with E-state index in [0.29, 0.717) is 23.7 Å². The Labute approximate surface area is 152 Å². The number of hydrogen-bond donors (Lipinski definition) is 0. The van der Waals surface area contributed by atoms with Gasteiger partial charge in [-0.3, -0.25) is 9.59 Å². The molecule has 1 unspecified atom stereocenters. The number of furan rings is 1. The number of fused-ring (bicyclic) bond motifs is 1. The molecule has 1 atom stereocenters. The first-order chi connectivity index (χ1) is 12.6. The van der Waals surface area contributed by atoms with Crippen LogP contribution in [-0.4, -0.2) is 35.9 Å². The van der Waals surface area contributed by atoms with Crippen molar-refractivity contribution in [2.45, 2.75) is 26.0 Å². The van der Waals surface area contributed by atoms with Crippen molar-refractivity contribution in [1.29, 1.82) is 0 Å². The number of hydrogen-bond acceptors (Lipinski definition) is 4. The molecule has 0 fully saturated rings. The van der Waals surface area contributed by atoms with E-state index in [1.165, 1.54) is 0 Å². The van der Waals surface area contributed by atoms with Crippen LogP contribution in [0, 0.1) is 12.3 Å². The average Bonchev–Trinajstić information content (AvgIpc) is 3.15. The zero-order valence-electron chi connectivity index (χ0n) is 14.6. The third-order valence-electron chi connectivity index (χ3n) is 4.18. The third kappa shape index (κ3) is 3.72. The van der Waals surface area contributed by atoms with Gasteiger partial charge in [0.05, 0.1) is 25.0 Å². The van der Waals surface area contributed by atoms with Crippen LogP contribution in [0.5, 0.6) is 5.75 Å². The van der Waals surface area contributed by atoms with Crippen molar-refractivity contribution in [2.24, 2.45) is 0 Å². The van der Waals surface area contributed by atoms with Crippen molar-refractivity contribution in [3.8, 4) is 18.1 Å². The van der Waals surface area contributed by atoms with E-state index >= 15 is 0 Å². The van der Waals surface area contributed by atoms with Crippen LogP contribution in [0.3, 0.4) is 0 Å². The Morgan fingerprint density at radius 2 is 2.12 bits per heavy atom. The van der Waals surface area contributed by atoms with Crippen LogP contribution in [0.1, 0.15) is 19.1 Å². The van der Waals surface area contributed by atoms with Gasteiger partial charge in [0.25, 0.3) is 5.91 Å². The molecule has 0 N–H and O–H groups in total. The fourth-order valence-electron chi connectivity index (χ4n) is 2.89. The Morgan fingerprint density at radius 1 is 1.31 bits per heavy atom. The van der Waals surface area contributed by atoms with Gasteiger partial charge >= 0.3 is 0 Å². The van der Waals surface area contributed by atoms with Crippen molar-refractivity contribution in [1.82, 2.24) is 4.90 Å². The Hall–Kier alpha value is -3.20. The maximum absolute atomic E-state index is 12.6. The lowest BCUT2D eigenvalue weighted by molar-refractivity contribution is -0.131. The highest BCUT2D eigenvalue weighted by Crippen LogP contribution is 2.33. The molecular formula is C20H20N2O4. The highest BCUT2D eigenvalue weighted by Gasteiger charge is 2.31. The fraction of sp³-hybridized carbons (Fsp3) is 0.300. The van der Waals surface area contributed by atoms with E-state index in [1.807, 2.05) is 24.3 Å². The van der Waals surface area contributed by atoms with E-state index in [9.17, 15) is 9.59 Å². The van der Waals surface area contributed by atoms with Crippen LogP contribution < -0.4 is 9.64 Å². The van der Waals surface area contributed by atoms with Gasteiger partial charge in [-0.2, -0.15) is 0 Å². The average molecular weight is 352 g/mol. The molecule has 2 aromatic rings. The fourth-order valence-corrected chi connectivity index (χ4v) is 2.89. The lowest BCUT2D eigenvalue weighted by atomic mass is 10.1. The van der Waals surface area contributed by atoms with Gasteiger partial charge in [-0.25, -0.2) is 0 Å². The van der Waals surface area contributed by atoms with Gasteiger partial charge in [0, 0.05) is 13.0 Å². The summed E-state index contributed by atoms with van der Waals surface area (Å²) in [5.74, 6) is 3.50. The third-order valence-corrected chi connectivity index (χ3v) is 4.18. The molecule has 0 aliphatic carbocycles. The van der Waals surface area contributed by atoms with Crippen molar-refractivity contribution in [3.05, 3.63) is 48.4 Å². The smallest absolute Gasteiger partial charge is 0.267 e. The molecular weight excluding hydrogens is 332 g/mol. The monoisotopic (exact) mass is 352 g/mol. The SMILES string of the molecule is C#CCN(Cc1ccco1)C(=O)CCN1C(=O)C(C)Oc2ccccc21. The Kier molecular flexibility index (Phi) is 5.28. The van der Waals surface area contributed by atoms with E-state index in [0.717, 1.165) is 0 Å². The van der Waals surface area contributed by atoms with E-state index in [4.69, 9.17) is 15.6 Å². The molecule has 2 heterocycles. The molecule has 1 aliphatic heterocycles. The number of para-hydroxylation sites is 2. The number of rotatable bonds is 6. The topological polar surface area (TPSA) is 63.0 Å². The highest BCUT2D eigenvalue weighted by molar-refractivity contribution is 6.00. The van der Waals surface area contributed by atoms with Crippen molar-refractivity contribution in [3.63, 3.8) is 0 Å². The predicted octanol–water partition coefficient (Wildman–Crippen LogP) is 2.45. The molecule has 0 radical (unpaired) electrons. The highest BCUT2D eigenvalue weighted by atomic mass is 16.5. The molecule has 3 rings (SSSR count). The molecule has 6 nitrogen and oxygen atoms in total. The van der Waals surface area contributed by atoms with Crippen LogP contribution in [0.15, 0.2) is 47.1 Å². The first-order valence-electron chi connectivity index (χ1n) is 8.41. The number of carbonyl (C=O) groups excluding carboxylic acids is 2. The molecule has 1 aromatic heterocycles. The predicted molar refractivity (Wildman–Crippen MR) is 96.5 cm³/mol. The van der Waals surface area contributed by atoms with Gasteiger partial charge in [-0.05, 0) is 31.2 Å². The molecule has 6 heteroatoms. The summed E-state index contributed by atoms with van der Waals surface area (Å²) in [4.78, 5) is 28.2. The largest absolute Gasteiger partial charge is 0.479 e. The maximum Gasteiger partial charge on any atom is 0.267 e. The van der Waals surface area contributed by atoms with Crippen LogP contribution in [-0.2, 0) is 16.1 Å². The van der Waals surface area contributed by atoms with Gasteiger partial charge in [-0.1, -0.05) is 18.1 Å². The summed E-state index contributed by atoms with van der Waals surface area (Å²) < 4.78 is 10.9. The summed E-state index contributed by atoms with van der Waals surface area (Å²) in [6, 6.07) is 10.9. The molecule has 0 bridgehead atoms. The summed E-state index contributed by atoms with van der Waals surface area (Å²) in [6.07, 6.45) is 6.52. The van der Waals surface area contributed by atoms with Crippen LogP contribution in [0.2, 0.25) is 0 Å². The Morgan fingerprint density at radius 3 is 2.85 bits per heavy atom. The zero-order valence-corrected chi connectivity index (χ0v) is 14.6. The number of terminal acetylenes is 1. The molecule has 134 valence electrons. The van der Waals surface area contributed by atoms with E-state index in [1.54, 1.807) is 35.1 Å². The first kappa shape index (κ1) is 17.6. The van der Waals surface area contributed by atoms with Crippen LogP contribution in [0.4, 0.5) is 5.69 Å². The summed E-state index contributed by atoms with van der Waals surface area (Å²) >= 11 is 0. The standard InChI is InChI=1S/C20H20N2O4/c1-3-11-21(14-16-7-6-13-25-16)19(23)10-12-22-17-8-4-5-9-18(17)26-15(2)20(22)24/h1,4-9,13,15H,10-12,14H2,2H3. The summed E-state index contributed by atoms with van der Waals surface area (Å²) in [5.41, 5.74) is 0.679. The number of benzene rings is 1. The van der Waals surface area contributed by atoms with E-state index in [-0.39, 0.29) is 31.3 Å². The Balaban J connectivity index is 1.69. The molecule has 0 saturated carbocycles. The lowest BCUT2D eigenvalue weighted by Gasteiger charge is -2.33. The molecule has 2 amide bonds. The molecule has 1 aliphatic rings. The normalized spacial score (nSPS) is 15.8. The quantitative estimate of drug-likeness (QED) is 0.749. The molecule has 0 spiro atoms. The lowest BCUT2D eigenvalue weighted by Crippen LogP contribution is -2.46.